The number of Topliss-reactive ketones (excluding diaryl/α,β-unsaturated/α-hetero) is 1. The van der Waals surface area contributed by atoms with Gasteiger partial charge in [-0.05, 0) is 50.6 Å². The molecule has 0 radical (unpaired) electrons. The predicted molar refractivity (Wildman–Crippen MR) is 121 cm³/mol. The highest BCUT2D eigenvalue weighted by molar-refractivity contribution is 6.15. The minimum absolute atomic E-state index is 0.138. The number of carbonyl (C=O) groups excluding carboxylic acids is 1. The number of fused-ring (bicyclic) bond motifs is 1. The molecule has 170 valence electrons. The smallest absolute Gasteiger partial charge is 0.231 e. The predicted octanol–water partition coefficient (Wildman–Crippen LogP) is 4.41. The molecule has 4 rings (SSSR count). The Hall–Kier alpha value is -3.19. The minimum atomic E-state index is -0.232. The van der Waals surface area contributed by atoms with Crippen LogP contribution in [0.25, 0.3) is 6.08 Å². The third-order valence-corrected chi connectivity index (χ3v) is 6.24. The summed E-state index contributed by atoms with van der Waals surface area (Å²) in [6, 6.07) is 7.04. The average Bonchev–Trinajstić information content (AvgIpc) is 3.12. The molecule has 2 aliphatic rings. The Morgan fingerprint density at radius 1 is 1.09 bits per heavy atom. The van der Waals surface area contributed by atoms with Crippen molar-refractivity contribution in [1.29, 1.82) is 0 Å². The van der Waals surface area contributed by atoms with Crippen LogP contribution < -0.4 is 18.9 Å². The highest BCUT2D eigenvalue weighted by Gasteiger charge is 2.33. The van der Waals surface area contributed by atoms with E-state index in [-0.39, 0.29) is 17.3 Å². The third kappa shape index (κ3) is 4.00. The number of allylic oxidation sites excluding steroid dienone is 1. The zero-order valence-corrected chi connectivity index (χ0v) is 18.9. The molecular formula is C25H29NO6. The highest BCUT2D eigenvalue weighted by atomic mass is 16.5. The van der Waals surface area contributed by atoms with Gasteiger partial charge in [-0.2, -0.15) is 0 Å². The molecule has 1 N–H and O–H groups in total. The number of methoxy groups -OCH3 is 3. The van der Waals surface area contributed by atoms with Gasteiger partial charge in [-0.15, -0.1) is 0 Å². The lowest BCUT2D eigenvalue weighted by atomic mass is 10.0. The largest absolute Gasteiger partial charge is 0.507 e. The fourth-order valence-electron chi connectivity index (χ4n) is 4.35. The second-order valence-electron chi connectivity index (χ2n) is 8.14. The lowest BCUT2D eigenvalue weighted by molar-refractivity contribution is 0.101. The van der Waals surface area contributed by atoms with Crippen LogP contribution in [0.2, 0.25) is 0 Å². The number of likely N-dealkylation sites (tertiary alicyclic amines) is 1. The molecule has 1 saturated heterocycles. The Morgan fingerprint density at radius 3 is 2.50 bits per heavy atom. The Bertz CT molecular complexity index is 1060. The molecular weight excluding hydrogens is 410 g/mol. The van der Waals surface area contributed by atoms with E-state index >= 15 is 0 Å². The molecule has 0 unspecified atom stereocenters. The maximum absolute atomic E-state index is 13.1. The molecule has 0 amide bonds. The number of ketones is 1. The number of carbonyl (C=O) groups is 1. The van der Waals surface area contributed by atoms with Gasteiger partial charge in [0, 0.05) is 24.2 Å². The Kier molecular flexibility index (Phi) is 6.28. The molecule has 1 fully saturated rings. The van der Waals surface area contributed by atoms with Gasteiger partial charge in [0.05, 0.1) is 32.5 Å². The van der Waals surface area contributed by atoms with Crippen molar-refractivity contribution >= 4 is 11.9 Å². The first-order chi connectivity index (χ1) is 15.5. The molecule has 2 aliphatic heterocycles. The van der Waals surface area contributed by atoms with Crippen LogP contribution in [0.3, 0.4) is 0 Å². The molecule has 0 aromatic heterocycles. The van der Waals surface area contributed by atoms with Crippen molar-refractivity contribution in [2.45, 2.75) is 38.8 Å². The van der Waals surface area contributed by atoms with Gasteiger partial charge < -0.3 is 24.1 Å². The second-order valence-corrected chi connectivity index (χ2v) is 8.14. The number of phenols is 1. The Morgan fingerprint density at radius 2 is 1.81 bits per heavy atom. The molecule has 0 saturated carbocycles. The van der Waals surface area contributed by atoms with Crippen LogP contribution in [0.1, 0.15) is 47.7 Å². The number of phenolic OH excluding ortho intramolecular Hbond substituents is 1. The van der Waals surface area contributed by atoms with Crippen LogP contribution >= 0.6 is 0 Å². The van der Waals surface area contributed by atoms with Crippen LogP contribution in [0.5, 0.6) is 28.7 Å². The summed E-state index contributed by atoms with van der Waals surface area (Å²) in [7, 11) is 4.64. The van der Waals surface area contributed by atoms with Gasteiger partial charge in [-0.3, -0.25) is 9.69 Å². The number of ether oxygens (including phenoxy) is 4. The first kappa shape index (κ1) is 22.0. The monoisotopic (exact) mass is 439 g/mol. The maximum Gasteiger partial charge on any atom is 0.231 e. The van der Waals surface area contributed by atoms with Gasteiger partial charge in [0.25, 0.3) is 0 Å². The van der Waals surface area contributed by atoms with Crippen molar-refractivity contribution in [2.24, 2.45) is 0 Å². The summed E-state index contributed by atoms with van der Waals surface area (Å²) in [4.78, 5) is 15.4. The molecule has 1 atom stereocenters. The highest BCUT2D eigenvalue weighted by Crippen LogP contribution is 2.42. The molecule has 0 aliphatic carbocycles. The molecule has 7 heteroatoms. The van der Waals surface area contributed by atoms with Crippen LogP contribution in [0.4, 0.5) is 0 Å². The molecule has 2 heterocycles. The summed E-state index contributed by atoms with van der Waals surface area (Å²) in [6.45, 7) is 3.69. The number of piperidine rings is 1. The van der Waals surface area contributed by atoms with Gasteiger partial charge in [0.1, 0.15) is 17.2 Å². The van der Waals surface area contributed by atoms with E-state index in [1.807, 2.05) is 0 Å². The summed E-state index contributed by atoms with van der Waals surface area (Å²) >= 11 is 0. The fourth-order valence-corrected chi connectivity index (χ4v) is 4.35. The summed E-state index contributed by atoms with van der Waals surface area (Å²) in [6.07, 6.45) is 5.10. The normalized spacial score (nSPS) is 19.6. The molecule has 32 heavy (non-hydrogen) atoms. The van der Waals surface area contributed by atoms with Gasteiger partial charge >= 0.3 is 0 Å². The molecule has 2 aromatic carbocycles. The Balaban J connectivity index is 1.70. The van der Waals surface area contributed by atoms with Crippen molar-refractivity contribution < 1.29 is 28.8 Å². The van der Waals surface area contributed by atoms with Crippen LogP contribution in [0, 0.1) is 0 Å². The summed E-state index contributed by atoms with van der Waals surface area (Å²) in [5, 5.41) is 10.6. The van der Waals surface area contributed by atoms with Gasteiger partial charge in [-0.25, -0.2) is 0 Å². The van der Waals surface area contributed by atoms with Crippen molar-refractivity contribution in [3.63, 3.8) is 0 Å². The zero-order valence-electron chi connectivity index (χ0n) is 18.9. The standard InChI is InChI=1S/C25H29NO6/c1-15-7-5-6-10-26(15)14-18-19(27)9-8-17-24(28)23(32-25(17)18)12-16-11-21(30-3)22(31-4)13-20(16)29-2/h8-9,11-13,15,27H,5-7,10,14H2,1-4H3/b23-12-/t15-/m0/s1. The van der Waals surface area contributed by atoms with E-state index in [1.54, 1.807) is 51.7 Å². The van der Waals surface area contributed by atoms with Crippen molar-refractivity contribution in [3.8, 4) is 28.7 Å². The average molecular weight is 440 g/mol. The molecule has 2 aromatic rings. The van der Waals surface area contributed by atoms with Crippen LogP contribution in [-0.4, -0.2) is 49.7 Å². The number of aromatic hydroxyl groups is 1. The second kappa shape index (κ2) is 9.12. The van der Waals surface area contributed by atoms with Crippen molar-refractivity contribution in [3.05, 3.63) is 46.7 Å². The summed E-state index contributed by atoms with van der Waals surface area (Å²) in [5.41, 5.74) is 1.72. The van der Waals surface area contributed by atoms with E-state index in [0.717, 1.165) is 19.4 Å². The van der Waals surface area contributed by atoms with Gasteiger partial charge in [-0.1, -0.05) is 6.42 Å². The van der Waals surface area contributed by atoms with E-state index < -0.39 is 0 Å². The van der Waals surface area contributed by atoms with Gasteiger partial charge in [0.15, 0.2) is 17.3 Å². The lowest BCUT2D eigenvalue weighted by Crippen LogP contribution is -2.36. The van der Waals surface area contributed by atoms with Crippen LogP contribution in [-0.2, 0) is 6.54 Å². The third-order valence-electron chi connectivity index (χ3n) is 6.24. The van der Waals surface area contributed by atoms with E-state index in [4.69, 9.17) is 18.9 Å². The molecule has 7 nitrogen and oxygen atoms in total. The lowest BCUT2D eigenvalue weighted by Gasteiger charge is -2.33. The zero-order chi connectivity index (χ0) is 22.8. The Labute approximate surface area is 188 Å². The van der Waals surface area contributed by atoms with E-state index in [9.17, 15) is 9.90 Å². The SMILES string of the molecule is COc1cc(OC)c(OC)cc1/C=C1\Oc2c(ccc(O)c2CN2CCCC[C@@H]2C)C1=O. The fraction of sp³-hybridized carbons (Fsp3) is 0.400. The van der Waals surface area contributed by atoms with Crippen molar-refractivity contribution in [2.75, 3.05) is 27.9 Å². The molecule has 0 spiro atoms. The van der Waals surface area contributed by atoms with E-state index in [0.29, 0.717) is 52.3 Å². The first-order valence-electron chi connectivity index (χ1n) is 10.8. The number of nitrogens with zero attached hydrogens (tertiary/aromatic N) is 1. The topological polar surface area (TPSA) is 77.5 Å². The number of rotatable bonds is 6. The van der Waals surface area contributed by atoms with Crippen molar-refractivity contribution in [1.82, 2.24) is 4.90 Å². The number of hydrogen-bond donors (Lipinski definition) is 1. The van der Waals surface area contributed by atoms with Crippen LogP contribution in [0.15, 0.2) is 30.0 Å². The number of benzene rings is 2. The summed E-state index contributed by atoms with van der Waals surface area (Å²) < 4.78 is 22.2. The van der Waals surface area contributed by atoms with E-state index in [2.05, 4.69) is 11.8 Å². The van der Waals surface area contributed by atoms with E-state index in [1.165, 1.54) is 6.42 Å². The first-order valence-corrected chi connectivity index (χ1v) is 10.8. The molecule has 0 bridgehead atoms. The van der Waals surface area contributed by atoms with Gasteiger partial charge in [0.2, 0.25) is 5.78 Å². The minimum Gasteiger partial charge on any atom is -0.507 e. The summed E-state index contributed by atoms with van der Waals surface area (Å²) in [5.74, 6) is 2.07. The number of hydrogen-bond acceptors (Lipinski definition) is 7. The quantitative estimate of drug-likeness (QED) is 0.668. The maximum atomic E-state index is 13.1.